The Kier molecular flexibility index (Phi) is 8.24. The molecule has 2 aliphatic carbocycles. The van der Waals surface area contributed by atoms with Crippen molar-refractivity contribution in [1.82, 2.24) is 0 Å². The molecule has 4 fully saturated rings. The van der Waals surface area contributed by atoms with Gasteiger partial charge in [-0.15, -0.1) is 11.6 Å². The Morgan fingerprint density at radius 1 is 0.905 bits per heavy atom. The summed E-state index contributed by atoms with van der Waals surface area (Å²) in [5.41, 5.74) is -6.13. The van der Waals surface area contributed by atoms with Gasteiger partial charge in [0.1, 0.15) is 42.2 Å². The molecular weight excluding hydrogens is 580 g/mol. The predicted octanol–water partition coefficient (Wildman–Crippen LogP) is 0.728. The lowest BCUT2D eigenvalue weighted by Crippen LogP contribution is -2.75. The first-order valence-electron chi connectivity index (χ1n) is 13.6. The minimum atomic E-state index is -2.42. The van der Waals surface area contributed by atoms with E-state index in [2.05, 4.69) is 6.58 Å². The second kappa shape index (κ2) is 10.8. The number of alkyl halides is 1. The third-order valence-electron chi connectivity index (χ3n) is 9.20. The number of rotatable bonds is 4. The van der Waals surface area contributed by atoms with Gasteiger partial charge in [0.05, 0.1) is 16.7 Å². The van der Waals surface area contributed by atoms with Crippen LogP contribution in [-0.2, 0) is 52.4 Å². The molecular formula is C28H37ClO13. The molecule has 42 heavy (non-hydrogen) atoms. The van der Waals surface area contributed by atoms with Crippen molar-refractivity contribution in [3.63, 3.8) is 0 Å². The number of hydrogen-bond acceptors (Lipinski definition) is 13. The summed E-state index contributed by atoms with van der Waals surface area (Å²) in [7, 11) is 0. The summed E-state index contributed by atoms with van der Waals surface area (Å²) < 4.78 is 34.3. The van der Waals surface area contributed by atoms with Crippen LogP contribution < -0.4 is 0 Å². The van der Waals surface area contributed by atoms with E-state index >= 15 is 0 Å². The van der Waals surface area contributed by atoms with Gasteiger partial charge in [0, 0.05) is 40.0 Å². The number of aliphatic hydroxyl groups is 2. The van der Waals surface area contributed by atoms with E-state index in [1.807, 2.05) is 0 Å². The van der Waals surface area contributed by atoms with Crippen LogP contribution in [0.2, 0.25) is 0 Å². The topological polar surface area (TPSA) is 184 Å². The van der Waals surface area contributed by atoms with Gasteiger partial charge in [-0.25, -0.2) is 0 Å². The molecule has 2 aliphatic heterocycles. The summed E-state index contributed by atoms with van der Waals surface area (Å²) in [4.78, 5) is 62.9. The van der Waals surface area contributed by atoms with Gasteiger partial charge >= 0.3 is 29.8 Å². The fourth-order valence-electron chi connectivity index (χ4n) is 7.25. The molecule has 0 aromatic rings. The predicted molar refractivity (Wildman–Crippen MR) is 140 cm³/mol. The first kappa shape index (κ1) is 32.2. The van der Waals surface area contributed by atoms with Crippen molar-refractivity contribution in [3.8, 4) is 0 Å². The molecule has 0 radical (unpaired) electrons. The van der Waals surface area contributed by atoms with Gasteiger partial charge in [-0.2, -0.15) is 0 Å². The second-order valence-electron chi connectivity index (χ2n) is 12.0. The van der Waals surface area contributed by atoms with Crippen molar-refractivity contribution in [3.05, 3.63) is 12.2 Å². The number of ether oxygens (including phenoxy) is 6. The maximum Gasteiger partial charge on any atom is 0.312 e. The van der Waals surface area contributed by atoms with E-state index in [1.54, 1.807) is 0 Å². The fourth-order valence-corrected chi connectivity index (χ4v) is 7.63. The Bertz CT molecular complexity index is 1200. The Balaban J connectivity index is 2.10. The molecule has 14 heteroatoms. The summed E-state index contributed by atoms with van der Waals surface area (Å²) in [6.07, 6.45) is -9.41. The third-order valence-corrected chi connectivity index (χ3v) is 9.71. The van der Waals surface area contributed by atoms with Gasteiger partial charge in [-0.1, -0.05) is 13.5 Å². The zero-order valence-electron chi connectivity index (χ0n) is 24.5. The first-order chi connectivity index (χ1) is 19.3. The fraction of sp³-hybridized carbons (Fsp3) is 0.750. The average molecular weight is 617 g/mol. The highest BCUT2D eigenvalue weighted by atomic mass is 35.5. The molecule has 234 valence electrons. The SMILES string of the molecule is C=C1[C@H]2O[C@H]2[C@H](OC(C)=O)[C@@]2(C)[C@@H](OC(C)=O)C[C@@H](OC(C)=O)[C@@](C)(O)[C@@H]2[C@H](OC(C)=O)[C@]2(O)[C@@H](C)C(=O)O[C@H]2[C@H]1Cl. The van der Waals surface area contributed by atoms with Crippen molar-refractivity contribution in [2.75, 3.05) is 0 Å². The lowest BCUT2D eigenvalue weighted by atomic mass is 9.50. The Morgan fingerprint density at radius 2 is 1.40 bits per heavy atom. The number of fused-ring (bicyclic) bond motifs is 3. The summed E-state index contributed by atoms with van der Waals surface area (Å²) in [5.74, 6) is -7.01. The van der Waals surface area contributed by atoms with Crippen LogP contribution in [0, 0.1) is 17.3 Å². The Morgan fingerprint density at radius 3 is 1.93 bits per heavy atom. The van der Waals surface area contributed by atoms with Gasteiger partial charge in [-0.3, -0.25) is 24.0 Å². The van der Waals surface area contributed by atoms with Crippen LogP contribution in [-0.4, -0.2) is 99.4 Å². The maximum atomic E-state index is 13.0. The second-order valence-corrected chi connectivity index (χ2v) is 12.5. The van der Waals surface area contributed by atoms with E-state index in [1.165, 1.54) is 20.8 Å². The van der Waals surface area contributed by atoms with E-state index in [-0.39, 0.29) is 12.0 Å². The highest BCUT2D eigenvalue weighted by Gasteiger charge is 2.76. The monoisotopic (exact) mass is 616 g/mol. The largest absolute Gasteiger partial charge is 0.462 e. The molecule has 13 nitrogen and oxygen atoms in total. The molecule has 4 aliphatic rings. The van der Waals surface area contributed by atoms with E-state index < -0.39 is 106 Å². The highest BCUT2D eigenvalue weighted by Crippen LogP contribution is 2.61. The highest BCUT2D eigenvalue weighted by molar-refractivity contribution is 6.23. The number of halogens is 1. The summed E-state index contributed by atoms with van der Waals surface area (Å²) in [5, 5.41) is 23.6. The molecule has 0 unspecified atom stereocenters. The lowest BCUT2D eigenvalue weighted by Gasteiger charge is -2.60. The molecule has 0 spiro atoms. The molecule has 13 atom stereocenters. The Labute approximate surface area is 247 Å². The maximum absolute atomic E-state index is 13.0. The molecule has 4 rings (SSSR count). The normalized spacial score (nSPS) is 46.1. The summed E-state index contributed by atoms with van der Waals surface area (Å²) in [6.45, 7) is 12.6. The molecule has 2 heterocycles. The first-order valence-corrected chi connectivity index (χ1v) is 14.0. The standard InChI is InChI=1S/C28H37ClO13/c1-10-18(29)22-28(36,11(2)25(34)42-22)24(40-15(6)33)21-26(7,23(39-14(5)32)20-19(10)41-20)16(37-12(3)30)9-17(27(21,8)35)38-13(4)31/h11,16-24,35-36H,1,9H2,2-8H3/t11-,16-,17+,18-,19+,20+,21+,22-,23-,24-,26-,27+,28-/m0/s1. The van der Waals surface area contributed by atoms with Crippen LogP contribution in [0.5, 0.6) is 0 Å². The van der Waals surface area contributed by atoms with Gasteiger partial charge < -0.3 is 38.6 Å². The van der Waals surface area contributed by atoms with Crippen LogP contribution in [0.25, 0.3) is 0 Å². The smallest absolute Gasteiger partial charge is 0.312 e. The summed E-state index contributed by atoms with van der Waals surface area (Å²) in [6, 6.07) is 0. The number of carbonyl (C=O) groups is 5. The average Bonchev–Trinajstić information content (AvgIpc) is 3.61. The van der Waals surface area contributed by atoms with E-state index in [0.29, 0.717) is 0 Å². The van der Waals surface area contributed by atoms with Gasteiger partial charge in [0.25, 0.3) is 0 Å². The van der Waals surface area contributed by atoms with Crippen molar-refractivity contribution >= 4 is 41.4 Å². The molecule has 0 aromatic carbocycles. The van der Waals surface area contributed by atoms with Crippen LogP contribution in [0.1, 0.15) is 54.9 Å². The zero-order valence-corrected chi connectivity index (χ0v) is 25.2. The molecule has 2 saturated carbocycles. The van der Waals surface area contributed by atoms with E-state index in [4.69, 9.17) is 40.0 Å². The van der Waals surface area contributed by atoms with Gasteiger partial charge in [0.2, 0.25) is 0 Å². The molecule has 0 aromatic heterocycles. The van der Waals surface area contributed by atoms with Gasteiger partial charge in [0.15, 0.2) is 11.7 Å². The van der Waals surface area contributed by atoms with Crippen molar-refractivity contribution in [2.24, 2.45) is 17.3 Å². The number of esters is 5. The van der Waals surface area contributed by atoms with E-state index in [9.17, 15) is 34.2 Å². The summed E-state index contributed by atoms with van der Waals surface area (Å²) >= 11 is 6.78. The molecule has 0 amide bonds. The zero-order chi connectivity index (χ0) is 31.7. The third kappa shape index (κ3) is 4.97. The van der Waals surface area contributed by atoms with Crippen LogP contribution in [0.15, 0.2) is 12.2 Å². The quantitative estimate of drug-likeness (QED) is 0.148. The van der Waals surface area contributed by atoms with Crippen LogP contribution in [0.3, 0.4) is 0 Å². The molecule has 0 bridgehead atoms. The lowest BCUT2D eigenvalue weighted by molar-refractivity contribution is -0.293. The minimum absolute atomic E-state index is 0.192. The van der Waals surface area contributed by atoms with Crippen LogP contribution >= 0.6 is 11.6 Å². The Hall–Kier alpha value is -2.74. The van der Waals surface area contributed by atoms with Crippen molar-refractivity contribution in [2.45, 2.75) is 114 Å². The molecule has 2 N–H and O–H groups in total. The van der Waals surface area contributed by atoms with E-state index in [0.717, 1.165) is 27.7 Å². The molecule has 2 saturated heterocycles. The number of epoxide rings is 1. The van der Waals surface area contributed by atoms with Crippen LogP contribution in [0.4, 0.5) is 0 Å². The number of hydrogen-bond donors (Lipinski definition) is 2. The minimum Gasteiger partial charge on any atom is -0.462 e. The van der Waals surface area contributed by atoms with Crippen molar-refractivity contribution < 1.29 is 62.6 Å². The van der Waals surface area contributed by atoms with Gasteiger partial charge in [-0.05, 0) is 19.4 Å². The van der Waals surface area contributed by atoms with Crippen molar-refractivity contribution in [1.29, 1.82) is 0 Å². The number of carbonyl (C=O) groups excluding carboxylic acids is 5.